The Morgan fingerprint density at radius 2 is 1.59 bits per heavy atom. The number of rotatable bonds is 5. The third kappa shape index (κ3) is 4.57. The summed E-state index contributed by atoms with van der Waals surface area (Å²) in [5, 5.41) is 2.96. The molecule has 1 aliphatic heterocycles. The van der Waals surface area contributed by atoms with Crippen LogP contribution in [0.15, 0.2) is 59.5 Å². The predicted molar refractivity (Wildman–Crippen MR) is 107 cm³/mol. The highest BCUT2D eigenvalue weighted by molar-refractivity contribution is 7.89. The molecule has 1 amide bonds. The van der Waals surface area contributed by atoms with Crippen LogP contribution in [-0.2, 0) is 14.8 Å². The lowest BCUT2D eigenvalue weighted by molar-refractivity contribution is -0.120. The summed E-state index contributed by atoms with van der Waals surface area (Å²) in [4.78, 5) is 12.8. The van der Waals surface area contributed by atoms with Crippen molar-refractivity contribution in [3.8, 4) is 0 Å². The Morgan fingerprint density at radius 3 is 2.15 bits per heavy atom. The largest absolute Gasteiger partial charge is 0.326 e. The van der Waals surface area contributed by atoms with Gasteiger partial charge in [0.15, 0.2) is 0 Å². The Morgan fingerprint density at radius 1 is 1.00 bits per heavy atom. The molecule has 144 valence electrons. The Hall–Kier alpha value is -2.18. The van der Waals surface area contributed by atoms with Crippen molar-refractivity contribution in [2.45, 2.75) is 37.5 Å². The van der Waals surface area contributed by atoms with E-state index in [4.69, 9.17) is 0 Å². The summed E-state index contributed by atoms with van der Waals surface area (Å²) in [6, 6.07) is 16.3. The molecule has 0 saturated carbocycles. The van der Waals surface area contributed by atoms with Crippen molar-refractivity contribution in [2.24, 2.45) is 5.92 Å². The second-order valence-corrected chi connectivity index (χ2v) is 9.20. The fraction of sp³-hybridized carbons (Fsp3) is 0.381. The summed E-state index contributed by atoms with van der Waals surface area (Å²) in [6.45, 7) is 4.99. The smallest absolute Gasteiger partial charge is 0.243 e. The topological polar surface area (TPSA) is 66.5 Å². The average molecular weight is 387 g/mol. The fourth-order valence-electron chi connectivity index (χ4n) is 3.30. The highest BCUT2D eigenvalue weighted by Crippen LogP contribution is 2.25. The molecule has 0 atom stereocenters. The maximum atomic E-state index is 12.7. The van der Waals surface area contributed by atoms with Gasteiger partial charge in [0.25, 0.3) is 0 Å². The van der Waals surface area contributed by atoms with Crippen molar-refractivity contribution < 1.29 is 13.2 Å². The van der Waals surface area contributed by atoms with Crippen LogP contribution in [0.3, 0.4) is 0 Å². The molecule has 5 nitrogen and oxygen atoms in total. The number of hydrogen-bond acceptors (Lipinski definition) is 3. The molecule has 0 spiro atoms. The van der Waals surface area contributed by atoms with Crippen molar-refractivity contribution >= 4 is 21.6 Å². The molecule has 0 aliphatic carbocycles. The van der Waals surface area contributed by atoms with E-state index in [9.17, 15) is 13.2 Å². The van der Waals surface area contributed by atoms with E-state index < -0.39 is 10.0 Å². The number of sulfonamides is 1. The third-order valence-corrected chi connectivity index (χ3v) is 6.96. The molecule has 1 N–H and O–H groups in total. The lowest BCUT2D eigenvalue weighted by Gasteiger charge is -2.30. The maximum absolute atomic E-state index is 12.7. The average Bonchev–Trinajstić information content (AvgIpc) is 2.69. The normalized spacial score (nSPS) is 16.4. The Balaban J connectivity index is 1.58. The SMILES string of the molecule is CC(C)c1ccc(NC(=O)C2CCN(S(=O)(=O)c3ccccc3)CC2)cc1. The van der Waals surface area contributed by atoms with Crippen molar-refractivity contribution in [1.29, 1.82) is 0 Å². The molecule has 0 aromatic heterocycles. The van der Waals surface area contributed by atoms with Gasteiger partial charge in [0.1, 0.15) is 0 Å². The lowest BCUT2D eigenvalue weighted by Crippen LogP contribution is -2.41. The van der Waals surface area contributed by atoms with E-state index in [1.807, 2.05) is 24.3 Å². The summed E-state index contributed by atoms with van der Waals surface area (Å²) in [5.74, 6) is 0.242. The van der Waals surface area contributed by atoms with Gasteiger partial charge in [0.2, 0.25) is 15.9 Å². The first kappa shape index (κ1) is 19.6. The van der Waals surface area contributed by atoms with Gasteiger partial charge < -0.3 is 5.32 Å². The third-order valence-electron chi connectivity index (χ3n) is 5.05. The quantitative estimate of drug-likeness (QED) is 0.849. The van der Waals surface area contributed by atoms with E-state index in [-0.39, 0.29) is 11.8 Å². The van der Waals surface area contributed by atoms with Gasteiger partial charge in [-0.05, 0) is 48.6 Å². The first-order valence-corrected chi connectivity index (χ1v) is 10.8. The zero-order valence-electron chi connectivity index (χ0n) is 15.8. The van der Waals surface area contributed by atoms with Crippen LogP contribution in [0, 0.1) is 5.92 Å². The Labute approximate surface area is 161 Å². The molecule has 1 saturated heterocycles. The number of carbonyl (C=O) groups excluding carboxylic acids is 1. The number of hydrogen-bond donors (Lipinski definition) is 1. The van der Waals surface area contributed by atoms with Crippen LogP contribution < -0.4 is 5.32 Å². The van der Waals surface area contributed by atoms with Gasteiger partial charge in [-0.3, -0.25) is 4.79 Å². The van der Waals surface area contributed by atoms with Crippen LogP contribution in [0.1, 0.15) is 38.2 Å². The minimum Gasteiger partial charge on any atom is -0.326 e. The van der Waals surface area contributed by atoms with Crippen LogP contribution in [0.4, 0.5) is 5.69 Å². The molecule has 0 bridgehead atoms. The predicted octanol–water partition coefficient (Wildman–Crippen LogP) is 3.85. The van der Waals surface area contributed by atoms with Gasteiger partial charge in [-0.2, -0.15) is 4.31 Å². The first-order chi connectivity index (χ1) is 12.9. The highest BCUT2D eigenvalue weighted by atomic mass is 32.2. The molecular formula is C21H26N2O3S. The molecule has 1 heterocycles. The van der Waals surface area contributed by atoms with Gasteiger partial charge in [0.05, 0.1) is 4.90 Å². The van der Waals surface area contributed by atoms with Crippen LogP contribution >= 0.6 is 0 Å². The van der Waals surface area contributed by atoms with Crippen molar-refractivity contribution in [2.75, 3.05) is 18.4 Å². The first-order valence-electron chi connectivity index (χ1n) is 9.34. The molecule has 0 radical (unpaired) electrons. The summed E-state index contributed by atoms with van der Waals surface area (Å²) in [7, 11) is -3.48. The molecule has 2 aromatic rings. The van der Waals surface area contributed by atoms with Gasteiger partial charge in [-0.1, -0.05) is 44.2 Å². The number of benzene rings is 2. The summed E-state index contributed by atoms with van der Waals surface area (Å²) in [5.41, 5.74) is 2.01. The van der Waals surface area contributed by atoms with Gasteiger partial charge in [0, 0.05) is 24.7 Å². The molecule has 1 fully saturated rings. The summed E-state index contributed by atoms with van der Waals surface area (Å²) < 4.78 is 26.8. The van der Waals surface area contributed by atoms with Crippen LogP contribution in [0.5, 0.6) is 0 Å². The van der Waals surface area contributed by atoms with Crippen molar-refractivity contribution in [1.82, 2.24) is 4.31 Å². The molecular weight excluding hydrogens is 360 g/mol. The molecule has 3 rings (SSSR count). The number of anilines is 1. The molecule has 1 aliphatic rings. The number of nitrogens with zero attached hydrogens (tertiary/aromatic N) is 1. The minimum absolute atomic E-state index is 0.0379. The maximum Gasteiger partial charge on any atom is 0.243 e. The lowest BCUT2D eigenvalue weighted by atomic mass is 9.97. The van der Waals surface area contributed by atoms with E-state index >= 15 is 0 Å². The van der Waals surface area contributed by atoms with Gasteiger partial charge in [-0.25, -0.2) is 8.42 Å². The number of nitrogens with one attached hydrogen (secondary N) is 1. The highest BCUT2D eigenvalue weighted by Gasteiger charge is 2.32. The number of amides is 1. The molecule has 6 heteroatoms. The second kappa shape index (κ2) is 8.23. The van der Waals surface area contributed by atoms with E-state index in [0.717, 1.165) is 5.69 Å². The van der Waals surface area contributed by atoms with Crippen LogP contribution in [-0.4, -0.2) is 31.7 Å². The monoisotopic (exact) mass is 386 g/mol. The Kier molecular flexibility index (Phi) is 5.97. The van der Waals surface area contributed by atoms with E-state index in [1.165, 1.54) is 9.87 Å². The second-order valence-electron chi connectivity index (χ2n) is 7.26. The summed E-state index contributed by atoms with van der Waals surface area (Å²) in [6.07, 6.45) is 1.06. The standard InChI is InChI=1S/C21H26N2O3S/c1-16(2)17-8-10-19(11-9-17)22-21(24)18-12-14-23(15-13-18)27(25,26)20-6-4-3-5-7-20/h3-11,16,18H,12-15H2,1-2H3,(H,22,24). The molecule has 27 heavy (non-hydrogen) atoms. The fourth-order valence-corrected chi connectivity index (χ4v) is 4.79. The van der Waals surface area contributed by atoms with Gasteiger partial charge >= 0.3 is 0 Å². The van der Waals surface area contributed by atoms with Crippen molar-refractivity contribution in [3.63, 3.8) is 0 Å². The minimum atomic E-state index is -3.48. The van der Waals surface area contributed by atoms with E-state index in [2.05, 4.69) is 19.2 Å². The number of piperidine rings is 1. The van der Waals surface area contributed by atoms with E-state index in [0.29, 0.717) is 36.7 Å². The molecule has 0 unspecified atom stereocenters. The van der Waals surface area contributed by atoms with Crippen LogP contribution in [0.2, 0.25) is 0 Å². The zero-order chi connectivity index (χ0) is 19.4. The van der Waals surface area contributed by atoms with Gasteiger partial charge in [-0.15, -0.1) is 0 Å². The van der Waals surface area contributed by atoms with Crippen LogP contribution in [0.25, 0.3) is 0 Å². The summed E-state index contributed by atoms with van der Waals surface area (Å²) >= 11 is 0. The molecule has 2 aromatic carbocycles. The Bertz CT molecular complexity index is 869. The van der Waals surface area contributed by atoms with E-state index in [1.54, 1.807) is 30.3 Å². The number of carbonyl (C=O) groups is 1. The van der Waals surface area contributed by atoms with Crippen molar-refractivity contribution in [3.05, 3.63) is 60.2 Å². The zero-order valence-corrected chi connectivity index (χ0v) is 16.6.